The van der Waals surface area contributed by atoms with Gasteiger partial charge in [-0.05, 0) is 43.5 Å². The average molecular weight is 373 g/mol. The van der Waals surface area contributed by atoms with Crippen molar-refractivity contribution < 1.29 is 14.3 Å². The summed E-state index contributed by atoms with van der Waals surface area (Å²) in [4.78, 5) is 23.1. The molecule has 1 aromatic heterocycles. The van der Waals surface area contributed by atoms with Gasteiger partial charge in [-0.3, -0.25) is 0 Å². The van der Waals surface area contributed by atoms with E-state index < -0.39 is 0 Å². The number of nitrogens with one attached hydrogen (secondary N) is 2. The Bertz CT molecular complexity index is 799. The Balaban J connectivity index is 1.64. The number of anilines is 1. The standard InChI is InChI=1S/C19H24FN5O2/c1-12(11-26)22-18-21-9-15-7-8-25(10-17(15)24-18)19(27)23-13(2)14-3-5-16(20)6-4-14/h3-6,9,12-13,26H,7-8,10-11H2,1-2H3,(H,23,27)(H,21,22,24). The number of benzene rings is 1. The molecule has 0 spiro atoms. The molecular formula is C19H24FN5O2. The van der Waals surface area contributed by atoms with E-state index in [2.05, 4.69) is 20.6 Å². The smallest absolute Gasteiger partial charge is 0.318 e. The fraction of sp³-hybridized carbons (Fsp3) is 0.421. The first kappa shape index (κ1) is 19.0. The number of aliphatic hydroxyl groups excluding tert-OH is 1. The molecule has 0 saturated carbocycles. The van der Waals surface area contributed by atoms with E-state index in [1.165, 1.54) is 12.1 Å². The van der Waals surface area contributed by atoms with Crippen molar-refractivity contribution in [2.24, 2.45) is 0 Å². The Kier molecular flexibility index (Phi) is 5.85. The number of urea groups is 1. The summed E-state index contributed by atoms with van der Waals surface area (Å²) in [6, 6.07) is 5.53. The van der Waals surface area contributed by atoms with Crippen LogP contribution in [0.3, 0.4) is 0 Å². The topological polar surface area (TPSA) is 90.4 Å². The predicted octanol–water partition coefficient (Wildman–Crippen LogP) is 2.24. The Morgan fingerprint density at radius 1 is 1.33 bits per heavy atom. The second-order valence-corrected chi connectivity index (χ2v) is 6.79. The highest BCUT2D eigenvalue weighted by atomic mass is 19.1. The molecule has 1 aliphatic rings. The number of rotatable bonds is 5. The minimum absolute atomic E-state index is 0.0176. The van der Waals surface area contributed by atoms with Crippen LogP contribution in [0.25, 0.3) is 0 Å². The minimum Gasteiger partial charge on any atom is -0.394 e. The summed E-state index contributed by atoms with van der Waals surface area (Å²) < 4.78 is 13.1. The predicted molar refractivity (Wildman–Crippen MR) is 99.7 cm³/mol. The van der Waals surface area contributed by atoms with Crippen LogP contribution in [-0.4, -0.2) is 45.2 Å². The number of nitrogens with zero attached hydrogens (tertiary/aromatic N) is 3. The van der Waals surface area contributed by atoms with E-state index in [9.17, 15) is 9.18 Å². The number of halogens is 1. The van der Waals surface area contributed by atoms with Crippen LogP contribution in [0, 0.1) is 5.82 Å². The SMILES string of the molecule is CC(CO)Nc1ncc2c(n1)CN(C(=O)NC(C)c1ccc(F)cc1)CC2. The van der Waals surface area contributed by atoms with Gasteiger partial charge in [-0.1, -0.05) is 12.1 Å². The van der Waals surface area contributed by atoms with Crippen molar-refractivity contribution in [1.82, 2.24) is 20.2 Å². The largest absolute Gasteiger partial charge is 0.394 e. The Morgan fingerprint density at radius 2 is 2.07 bits per heavy atom. The zero-order chi connectivity index (χ0) is 19.4. The van der Waals surface area contributed by atoms with Gasteiger partial charge < -0.3 is 20.6 Å². The number of amides is 2. The maximum absolute atomic E-state index is 13.1. The van der Waals surface area contributed by atoms with E-state index in [0.29, 0.717) is 25.5 Å². The fourth-order valence-electron chi connectivity index (χ4n) is 2.92. The monoisotopic (exact) mass is 373 g/mol. The molecule has 2 atom stereocenters. The molecule has 0 bridgehead atoms. The second-order valence-electron chi connectivity index (χ2n) is 6.79. The van der Waals surface area contributed by atoms with E-state index in [1.54, 1.807) is 23.2 Å². The molecule has 0 radical (unpaired) electrons. The molecule has 27 heavy (non-hydrogen) atoms. The maximum Gasteiger partial charge on any atom is 0.318 e. The first-order chi connectivity index (χ1) is 13.0. The van der Waals surface area contributed by atoms with Crippen LogP contribution in [0.5, 0.6) is 0 Å². The molecular weight excluding hydrogens is 349 g/mol. The summed E-state index contributed by atoms with van der Waals surface area (Å²) in [6.45, 7) is 4.65. The highest BCUT2D eigenvalue weighted by Gasteiger charge is 2.24. The van der Waals surface area contributed by atoms with Crippen molar-refractivity contribution in [2.75, 3.05) is 18.5 Å². The van der Waals surface area contributed by atoms with Gasteiger partial charge in [-0.25, -0.2) is 19.2 Å². The highest BCUT2D eigenvalue weighted by molar-refractivity contribution is 5.75. The molecule has 2 heterocycles. The average Bonchev–Trinajstić information content (AvgIpc) is 2.67. The first-order valence-electron chi connectivity index (χ1n) is 8.99. The Labute approximate surface area is 157 Å². The number of carbonyl (C=O) groups is 1. The molecule has 7 nitrogen and oxygen atoms in total. The number of carbonyl (C=O) groups excluding carboxylic acids is 1. The number of hydrogen-bond donors (Lipinski definition) is 3. The van der Waals surface area contributed by atoms with E-state index in [0.717, 1.165) is 16.8 Å². The van der Waals surface area contributed by atoms with Crippen LogP contribution >= 0.6 is 0 Å². The molecule has 0 fully saturated rings. The second kappa shape index (κ2) is 8.30. The lowest BCUT2D eigenvalue weighted by Crippen LogP contribution is -2.44. The van der Waals surface area contributed by atoms with E-state index in [-0.39, 0.29) is 30.5 Å². The van der Waals surface area contributed by atoms with Gasteiger partial charge in [-0.15, -0.1) is 0 Å². The normalized spacial score (nSPS) is 15.6. The van der Waals surface area contributed by atoms with Gasteiger partial charge >= 0.3 is 6.03 Å². The first-order valence-corrected chi connectivity index (χ1v) is 8.99. The van der Waals surface area contributed by atoms with E-state index in [1.807, 2.05) is 13.8 Å². The summed E-state index contributed by atoms with van der Waals surface area (Å²) >= 11 is 0. The molecule has 2 unspecified atom stereocenters. The molecule has 3 N–H and O–H groups in total. The highest BCUT2D eigenvalue weighted by Crippen LogP contribution is 2.19. The van der Waals surface area contributed by atoms with Gasteiger partial charge in [0.2, 0.25) is 5.95 Å². The van der Waals surface area contributed by atoms with Gasteiger partial charge in [0.25, 0.3) is 0 Å². The molecule has 1 aromatic carbocycles. The Hall–Kier alpha value is -2.74. The molecule has 0 aliphatic carbocycles. The van der Waals surface area contributed by atoms with Crippen molar-refractivity contribution >= 4 is 12.0 Å². The van der Waals surface area contributed by atoms with Crippen LogP contribution in [-0.2, 0) is 13.0 Å². The van der Waals surface area contributed by atoms with Gasteiger partial charge in [0.1, 0.15) is 5.82 Å². The summed E-state index contributed by atoms with van der Waals surface area (Å²) in [5.41, 5.74) is 2.66. The van der Waals surface area contributed by atoms with Crippen LogP contribution in [0.2, 0.25) is 0 Å². The van der Waals surface area contributed by atoms with E-state index in [4.69, 9.17) is 5.11 Å². The van der Waals surface area contributed by atoms with Crippen LogP contribution in [0.4, 0.5) is 15.1 Å². The van der Waals surface area contributed by atoms with Gasteiger partial charge in [0.15, 0.2) is 0 Å². The molecule has 1 aliphatic heterocycles. The third-order valence-electron chi connectivity index (χ3n) is 4.59. The van der Waals surface area contributed by atoms with Crippen molar-refractivity contribution in [1.29, 1.82) is 0 Å². The summed E-state index contributed by atoms with van der Waals surface area (Å²) in [7, 11) is 0. The lowest BCUT2D eigenvalue weighted by atomic mass is 10.1. The summed E-state index contributed by atoms with van der Waals surface area (Å²) in [5.74, 6) is 0.141. The van der Waals surface area contributed by atoms with Crippen molar-refractivity contribution in [2.45, 2.75) is 38.9 Å². The maximum atomic E-state index is 13.1. The Morgan fingerprint density at radius 3 is 2.78 bits per heavy atom. The molecule has 2 aromatic rings. The van der Waals surface area contributed by atoms with Crippen LogP contribution in [0.1, 0.15) is 36.7 Å². The summed E-state index contributed by atoms with van der Waals surface area (Å²) in [6.07, 6.45) is 2.45. The van der Waals surface area contributed by atoms with Crippen molar-refractivity contribution in [3.05, 3.63) is 53.1 Å². The number of aliphatic hydroxyl groups is 1. The zero-order valence-corrected chi connectivity index (χ0v) is 15.4. The third kappa shape index (κ3) is 4.71. The van der Waals surface area contributed by atoms with Gasteiger partial charge in [-0.2, -0.15) is 0 Å². The molecule has 2 amide bonds. The zero-order valence-electron chi connectivity index (χ0n) is 15.4. The lowest BCUT2D eigenvalue weighted by Gasteiger charge is -2.29. The number of fused-ring (bicyclic) bond motifs is 1. The molecule has 8 heteroatoms. The molecule has 0 saturated heterocycles. The lowest BCUT2D eigenvalue weighted by molar-refractivity contribution is 0.188. The quantitative estimate of drug-likeness (QED) is 0.748. The van der Waals surface area contributed by atoms with Crippen molar-refractivity contribution in [3.8, 4) is 0 Å². The fourth-order valence-corrected chi connectivity index (χ4v) is 2.92. The third-order valence-corrected chi connectivity index (χ3v) is 4.59. The van der Waals surface area contributed by atoms with Gasteiger partial charge in [0, 0.05) is 18.8 Å². The molecule has 3 rings (SSSR count). The van der Waals surface area contributed by atoms with E-state index >= 15 is 0 Å². The summed E-state index contributed by atoms with van der Waals surface area (Å²) in [5, 5.41) is 15.1. The van der Waals surface area contributed by atoms with Gasteiger partial charge in [0.05, 0.1) is 24.9 Å². The van der Waals surface area contributed by atoms with Crippen LogP contribution in [0.15, 0.2) is 30.5 Å². The molecule has 144 valence electrons. The van der Waals surface area contributed by atoms with Crippen LogP contribution < -0.4 is 10.6 Å². The number of hydrogen-bond acceptors (Lipinski definition) is 5. The number of aromatic nitrogens is 2. The minimum atomic E-state index is -0.301. The van der Waals surface area contributed by atoms with Crippen molar-refractivity contribution in [3.63, 3.8) is 0 Å².